The second-order valence-electron chi connectivity index (χ2n) is 10.5. The molecule has 238 valence electrons. The van der Waals surface area contributed by atoms with E-state index in [9.17, 15) is 14.4 Å². The molecule has 0 saturated carbocycles. The van der Waals surface area contributed by atoms with Crippen LogP contribution in [0.1, 0.15) is 62.1 Å². The molecule has 9 heteroatoms. The van der Waals surface area contributed by atoms with E-state index >= 15 is 0 Å². The second kappa shape index (κ2) is 17.5. The minimum atomic E-state index is -1.16. The lowest BCUT2D eigenvalue weighted by molar-refractivity contribution is -0.154. The molecule has 0 fully saturated rings. The normalized spacial score (nSPS) is 12.3. The number of benzene rings is 3. The summed E-state index contributed by atoms with van der Waals surface area (Å²) in [4.78, 5) is 36.5. The van der Waals surface area contributed by atoms with Crippen LogP contribution in [0.5, 0.6) is 11.5 Å². The van der Waals surface area contributed by atoms with Gasteiger partial charge in [-0.25, -0.2) is 0 Å². The third-order valence-electron chi connectivity index (χ3n) is 7.40. The Bertz CT molecular complexity index is 1370. The monoisotopic (exact) mass is 615 g/mol. The number of terminal acetylenes is 1. The van der Waals surface area contributed by atoms with E-state index < -0.39 is 29.7 Å². The van der Waals surface area contributed by atoms with Gasteiger partial charge in [0.2, 0.25) is 5.91 Å². The fourth-order valence-corrected chi connectivity index (χ4v) is 4.93. The van der Waals surface area contributed by atoms with Crippen molar-refractivity contribution in [2.24, 2.45) is 0 Å². The fourth-order valence-electron chi connectivity index (χ4n) is 4.93. The van der Waals surface area contributed by atoms with E-state index in [1.807, 2.05) is 78.9 Å². The third kappa shape index (κ3) is 9.85. The first-order chi connectivity index (χ1) is 21.7. The topological polar surface area (TPSA) is 120 Å². The van der Waals surface area contributed by atoms with Crippen molar-refractivity contribution in [2.45, 2.75) is 63.2 Å². The number of unbranched alkanes of at least 4 members (excludes halogenated alkanes) is 2. The molecule has 3 aromatic rings. The van der Waals surface area contributed by atoms with Crippen molar-refractivity contribution in [3.05, 3.63) is 95.6 Å². The summed E-state index contributed by atoms with van der Waals surface area (Å²) >= 11 is 0. The Morgan fingerprint density at radius 2 is 1.38 bits per heavy atom. The number of nitrogens with one attached hydrogen (secondary N) is 1. The standard InChI is InChI=1S/C36H41NO8/c1-5-6-7-11-14-33(38)37-32(26(2)45-35(41)24-23-34(39)40)25-44-36(27-12-9-8-10-13-27,28-15-19-30(42-3)20-16-28)29-17-21-31(43-4)22-18-29/h1,8-10,12-13,15-22,26,32H,6-7,11,14,23-25H2,2-4H3,(H,37,38)(H,39,40)/t26-,32-/m1/s1. The zero-order valence-electron chi connectivity index (χ0n) is 26.0. The SMILES string of the molecule is C#CCCCCC(=O)N[C@H](COC(c1ccccc1)(c1ccc(OC)cc1)c1ccc(OC)cc1)[C@@H](C)OC(=O)CCC(=O)O. The van der Waals surface area contributed by atoms with E-state index in [1.165, 1.54) is 0 Å². The van der Waals surface area contributed by atoms with Gasteiger partial charge in [-0.15, -0.1) is 12.3 Å². The summed E-state index contributed by atoms with van der Waals surface area (Å²) in [5, 5.41) is 12.0. The van der Waals surface area contributed by atoms with Gasteiger partial charge in [0.1, 0.15) is 23.2 Å². The van der Waals surface area contributed by atoms with Crippen LogP contribution in [-0.2, 0) is 29.5 Å². The average Bonchev–Trinajstić information content (AvgIpc) is 3.06. The zero-order valence-corrected chi connectivity index (χ0v) is 26.0. The van der Waals surface area contributed by atoms with Crippen LogP contribution in [0.25, 0.3) is 0 Å². The third-order valence-corrected chi connectivity index (χ3v) is 7.40. The molecule has 3 rings (SSSR count). The number of hydrogen-bond donors (Lipinski definition) is 2. The van der Waals surface area contributed by atoms with Gasteiger partial charge >= 0.3 is 11.9 Å². The molecule has 9 nitrogen and oxygen atoms in total. The molecule has 0 spiro atoms. The van der Waals surface area contributed by atoms with Crippen molar-refractivity contribution >= 4 is 17.8 Å². The molecule has 2 N–H and O–H groups in total. The van der Waals surface area contributed by atoms with Crippen molar-refractivity contribution < 1.29 is 38.4 Å². The maximum absolute atomic E-state index is 13.0. The van der Waals surface area contributed by atoms with E-state index in [0.29, 0.717) is 30.8 Å². The molecule has 0 aliphatic rings. The Balaban J connectivity index is 2.04. The first kappa shape index (κ1) is 34.7. The van der Waals surface area contributed by atoms with Crippen molar-refractivity contribution in [3.63, 3.8) is 0 Å². The summed E-state index contributed by atoms with van der Waals surface area (Å²) in [5.74, 6) is 1.89. The summed E-state index contributed by atoms with van der Waals surface area (Å²) in [5.41, 5.74) is 1.25. The van der Waals surface area contributed by atoms with E-state index in [0.717, 1.165) is 16.7 Å². The van der Waals surface area contributed by atoms with Gasteiger partial charge in [-0.2, -0.15) is 0 Å². The molecule has 3 aromatic carbocycles. The Labute approximate surface area is 264 Å². The second-order valence-corrected chi connectivity index (χ2v) is 10.5. The summed E-state index contributed by atoms with van der Waals surface area (Å²) in [7, 11) is 3.19. The minimum absolute atomic E-state index is 0.0591. The number of hydrogen-bond acceptors (Lipinski definition) is 7. The summed E-state index contributed by atoms with van der Waals surface area (Å²) < 4.78 is 23.4. The van der Waals surface area contributed by atoms with Gasteiger partial charge in [-0.1, -0.05) is 54.6 Å². The van der Waals surface area contributed by atoms with Crippen molar-refractivity contribution in [1.29, 1.82) is 0 Å². The first-order valence-corrected chi connectivity index (χ1v) is 14.9. The molecular formula is C36H41NO8. The maximum Gasteiger partial charge on any atom is 0.306 e. The lowest BCUT2D eigenvalue weighted by atomic mass is 9.80. The van der Waals surface area contributed by atoms with Crippen molar-refractivity contribution in [3.8, 4) is 23.8 Å². The molecule has 0 unspecified atom stereocenters. The average molecular weight is 616 g/mol. The van der Waals surface area contributed by atoms with Gasteiger partial charge in [-0.05, 0) is 60.7 Å². The number of methoxy groups -OCH3 is 2. The van der Waals surface area contributed by atoms with Crippen LogP contribution >= 0.6 is 0 Å². The fraction of sp³-hybridized carbons (Fsp3) is 0.361. The smallest absolute Gasteiger partial charge is 0.306 e. The van der Waals surface area contributed by atoms with Crippen LogP contribution in [0.4, 0.5) is 0 Å². The van der Waals surface area contributed by atoms with Gasteiger partial charge in [-0.3, -0.25) is 14.4 Å². The zero-order chi connectivity index (χ0) is 32.7. The van der Waals surface area contributed by atoms with Gasteiger partial charge < -0.3 is 29.4 Å². The number of carbonyl (C=O) groups excluding carboxylic acids is 2. The number of ether oxygens (including phenoxy) is 4. The highest BCUT2D eigenvalue weighted by Crippen LogP contribution is 2.42. The van der Waals surface area contributed by atoms with Gasteiger partial charge in [0, 0.05) is 12.8 Å². The Kier molecular flexibility index (Phi) is 13.5. The maximum atomic E-state index is 13.0. The molecular weight excluding hydrogens is 574 g/mol. The Hall–Kier alpha value is -4.81. The number of rotatable bonds is 18. The van der Waals surface area contributed by atoms with E-state index in [-0.39, 0.29) is 31.8 Å². The number of aliphatic carboxylic acids is 1. The Morgan fingerprint density at radius 3 is 1.89 bits per heavy atom. The van der Waals surface area contributed by atoms with Crippen molar-refractivity contribution in [1.82, 2.24) is 5.32 Å². The molecule has 2 atom stereocenters. The molecule has 0 aliphatic carbocycles. The predicted molar refractivity (Wildman–Crippen MR) is 170 cm³/mol. The predicted octanol–water partition coefficient (Wildman–Crippen LogP) is 5.49. The summed E-state index contributed by atoms with van der Waals surface area (Å²) in [6, 6.07) is 24.0. The minimum Gasteiger partial charge on any atom is -0.497 e. The van der Waals surface area contributed by atoms with Crippen LogP contribution in [0.15, 0.2) is 78.9 Å². The quantitative estimate of drug-likeness (QED) is 0.0835. The highest BCUT2D eigenvalue weighted by Gasteiger charge is 2.39. The van der Waals surface area contributed by atoms with Crippen LogP contribution in [0, 0.1) is 12.3 Å². The summed E-state index contributed by atoms with van der Waals surface area (Å²) in [6.07, 6.45) is 5.97. The van der Waals surface area contributed by atoms with Crippen molar-refractivity contribution in [2.75, 3.05) is 20.8 Å². The number of carboxylic acid groups (broad SMARTS) is 1. The lowest BCUT2D eigenvalue weighted by Crippen LogP contribution is -2.49. The van der Waals surface area contributed by atoms with Gasteiger partial charge in [0.15, 0.2) is 0 Å². The number of carboxylic acids is 1. The highest BCUT2D eigenvalue weighted by molar-refractivity contribution is 5.77. The molecule has 0 bridgehead atoms. The van der Waals surface area contributed by atoms with E-state index in [4.69, 9.17) is 30.5 Å². The van der Waals surface area contributed by atoms with Gasteiger partial charge in [0.05, 0.1) is 39.7 Å². The highest BCUT2D eigenvalue weighted by atomic mass is 16.5. The largest absolute Gasteiger partial charge is 0.497 e. The molecule has 0 heterocycles. The number of carbonyl (C=O) groups is 3. The van der Waals surface area contributed by atoms with E-state index in [2.05, 4.69) is 11.2 Å². The van der Waals surface area contributed by atoms with Crippen LogP contribution in [0.2, 0.25) is 0 Å². The lowest BCUT2D eigenvalue weighted by Gasteiger charge is -2.38. The molecule has 0 radical (unpaired) electrons. The molecule has 0 saturated heterocycles. The molecule has 0 aromatic heterocycles. The van der Waals surface area contributed by atoms with Gasteiger partial charge in [0.25, 0.3) is 0 Å². The number of esters is 1. The molecule has 1 amide bonds. The summed E-state index contributed by atoms with van der Waals surface area (Å²) in [6.45, 7) is 1.59. The Morgan fingerprint density at radius 1 is 0.822 bits per heavy atom. The molecule has 0 aliphatic heterocycles. The van der Waals surface area contributed by atoms with Crippen LogP contribution in [-0.4, -0.2) is 55.9 Å². The number of amides is 1. The van der Waals surface area contributed by atoms with Crippen LogP contribution < -0.4 is 14.8 Å². The van der Waals surface area contributed by atoms with E-state index in [1.54, 1.807) is 21.1 Å². The first-order valence-electron chi connectivity index (χ1n) is 14.9. The van der Waals surface area contributed by atoms with Crippen LogP contribution in [0.3, 0.4) is 0 Å². The molecule has 45 heavy (non-hydrogen) atoms.